The summed E-state index contributed by atoms with van der Waals surface area (Å²) in [6.45, 7) is 7.55. The van der Waals surface area contributed by atoms with Crippen LogP contribution < -0.4 is 4.90 Å². The van der Waals surface area contributed by atoms with Gasteiger partial charge in [0.05, 0.1) is 31.3 Å². The van der Waals surface area contributed by atoms with Crippen LogP contribution in [0, 0.1) is 5.92 Å². The first-order valence-electron chi connectivity index (χ1n) is 13.4. The van der Waals surface area contributed by atoms with Crippen LogP contribution in [-0.2, 0) is 20.7 Å². The average Bonchev–Trinajstić information content (AvgIpc) is 3.42. The molecule has 0 aliphatic carbocycles. The van der Waals surface area contributed by atoms with Crippen LogP contribution in [0.2, 0.25) is 18.6 Å². The average molecular weight is 503 g/mol. The second-order valence-corrected chi connectivity index (χ2v) is 15.2. The minimum Gasteiger partial charge on any atom is -0.432 e. The Labute approximate surface area is 210 Å². The maximum atomic E-state index is 13.1. The summed E-state index contributed by atoms with van der Waals surface area (Å²) in [5, 5.41) is 9.62. The number of ether oxygens (including phenoxy) is 1. The number of benzene rings is 1. The van der Waals surface area contributed by atoms with E-state index in [1.54, 1.807) is 4.90 Å². The Kier molecular flexibility index (Phi) is 8.36. The van der Waals surface area contributed by atoms with Crippen LogP contribution in [0.25, 0.3) is 0 Å². The maximum Gasteiger partial charge on any atom is 0.226 e. The third-order valence-corrected chi connectivity index (χ3v) is 10.8. The van der Waals surface area contributed by atoms with Crippen molar-refractivity contribution in [1.82, 2.24) is 4.90 Å². The number of anilines is 1. The number of carbonyl (C=O) groups excluding carboxylic acids is 2. The fourth-order valence-corrected chi connectivity index (χ4v) is 9.09. The molecule has 3 saturated heterocycles. The Morgan fingerprint density at radius 2 is 1.86 bits per heavy atom. The number of nitrogens with zero attached hydrogens (tertiary/aromatic N) is 2. The summed E-state index contributed by atoms with van der Waals surface area (Å²) in [7, 11) is -2.55. The van der Waals surface area contributed by atoms with Gasteiger partial charge in [-0.3, -0.25) is 9.59 Å². The lowest BCUT2D eigenvalue weighted by Gasteiger charge is -2.31. The van der Waals surface area contributed by atoms with E-state index in [1.165, 1.54) is 5.56 Å². The van der Waals surface area contributed by atoms with Crippen LogP contribution in [0.4, 0.5) is 5.69 Å². The van der Waals surface area contributed by atoms with Crippen molar-refractivity contribution in [3.05, 3.63) is 29.8 Å². The van der Waals surface area contributed by atoms with Gasteiger partial charge in [0, 0.05) is 30.7 Å². The van der Waals surface area contributed by atoms with Crippen molar-refractivity contribution in [1.29, 1.82) is 0 Å². The quantitative estimate of drug-likeness (QED) is 0.531. The van der Waals surface area contributed by atoms with E-state index < -0.39 is 8.32 Å². The molecule has 0 bridgehead atoms. The van der Waals surface area contributed by atoms with Gasteiger partial charge >= 0.3 is 0 Å². The third kappa shape index (κ3) is 5.98. The lowest BCUT2D eigenvalue weighted by molar-refractivity contribution is -0.135. The largest absolute Gasteiger partial charge is 0.432 e. The van der Waals surface area contributed by atoms with Crippen LogP contribution in [0.15, 0.2) is 24.3 Å². The third-order valence-electron chi connectivity index (χ3n) is 8.29. The van der Waals surface area contributed by atoms with E-state index in [2.05, 4.69) is 19.1 Å². The molecule has 5 atom stereocenters. The number of hydrogen-bond donors (Lipinski definition) is 2. The molecule has 0 spiro atoms. The highest BCUT2D eigenvalue weighted by Crippen LogP contribution is 2.45. The van der Waals surface area contributed by atoms with Crippen LogP contribution in [0.3, 0.4) is 0 Å². The van der Waals surface area contributed by atoms with E-state index in [0.717, 1.165) is 50.8 Å². The van der Waals surface area contributed by atoms with Crippen LogP contribution in [-0.4, -0.2) is 72.9 Å². The maximum absolute atomic E-state index is 13.1. The number of aliphatic hydroxyl groups is 1. The summed E-state index contributed by atoms with van der Waals surface area (Å²) < 4.78 is 6.48. The number of amides is 2. The predicted octanol–water partition coefficient (Wildman–Crippen LogP) is 3.48. The lowest BCUT2D eigenvalue weighted by atomic mass is 9.95. The van der Waals surface area contributed by atoms with Gasteiger partial charge in [0.15, 0.2) is 8.32 Å². The van der Waals surface area contributed by atoms with Crippen LogP contribution in [0.1, 0.15) is 57.4 Å². The zero-order chi connectivity index (χ0) is 25.2. The van der Waals surface area contributed by atoms with Crippen LogP contribution in [0.5, 0.6) is 0 Å². The van der Waals surface area contributed by atoms with E-state index >= 15 is 0 Å². The molecule has 1 aromatic carbocycles. The molecule has 7 nitrogen and oxygen atoms in total. The first kappa shape index (κ1) is 26.3. The fourth-order valence-electron chi connectivity index (χ4n) is 6.48. The molecular weight excluding hydrogens is 460 g/mol. The number of rotatable bonds is 8. The van der Waals surface area contributed by atoms with Gasteiger partial charge in [-0.25, -0.2) is 0 Å². The summed E-state index contributed by atoms with van der Waals surface area (Å²) in [6, 6.07) is 8.20. The Hall–Kier alpha value is -1.74. The first-order chi connectivity index (χ1) is 16.7. The van der Waals surface area contributed by atoms with Gasteiger partial charge in [-0.15, -0.1) is 0 Å². The highest BCUT2D eigenvalue weighted by atomic mass is 28.4. The van der Waals surface area contributed by atoms with Crippen molar-refractivity contribution in [3.8, 4) is 0 Å². The molecule has 3 fully saturated rings. The van der Waals surface area contributed by atoms with E-state index in [1.807, 2.05) is 30.1 Å². The van der Waals surface area contributed by atoms with Crippen LogP contribution >= 0.6 is 0 Å². The van der Waals surface area contributed by atoms with E-state index in [4.69, 9.17) is 4.74 Å². The van der Waals surface area contributed by atoms with Gasteiger partial charge < -0.3 is 24.4 Å². The summed E-state index contributed by atoms with van der Waals surface area (Å²) >= 11 is 0. The van der Waals surface area contributed by atoms with Crippen molar-refractivity contribution in [2.75, 3.05) is 24.6 Å². The molecule has 4 rings (SSSR count). The summed E-state index contributed by atoms with van der Waals surface area (Å²) in [5.74, 6) is 0.418. The second kappa shape index (κ2) is 11.1. The lowest BCUT2D eigenvalue weighted by Crippen LogP contribution is -2.43. The molecule has 3 aliphatic rings. The van der Waals surface area contributed by atoms with Crippen molar-refractivity contribution in [2.24, 2.45) is 5.92 Å². The first-order valence-corrected chi connectivity index (χ1v) is 16.4. The van der Waals surface area contributed by atoms with Gasteiger partial charge in [-0.2, -0.15) is 0 Å². The molecule has 3 aliphatic heterocycles. The van der Waals surface area contributed by atoms with E-state index in [0.29, 0.717) is 13.0 Å². The molecular formula is C27H42N2O5Si. The van der Waals surface area contributed by atoms with E-state index in [-0.39, 0.29) is 54.6 Å². The summed E-state index contributed by atoms with van der Waals surface area (Å²) in [6.07, 6.45) is 6.11. The van der Waals surface area contributed by atoms with Gasteiger partial charge in [-0.1, -0.05) is 19.1 Å². The highest BCUT2D eigenvalue weighted by Gasteiger charge is 2.50. The van der Waals surface area contributed by atoms with Gasteiger partial charge in [-0.05, 0) is 75.2 Å². The number of aryl methyl sites for hydroxylation is 1. The van der Waals surface area contributed by atoms with Gasteiger partial charge in [0.1, 0.15) is 0 Å². The SMILES string of the molecule is C[C@H]1[C@H]([Si](C)(C)O)[C@@H](CC(=O)N2CCC[C@H]2CO)O[C@H]1CCc1ccc(N2CCCCC2=O)cc1. The second-order valence-electron chi connectivity index (χ2n) is 11.2. The normalized spacial score (nSPS) is 29.7. The smallest absolute Gasteiger partial charge is 0.226 e. The minimum absolute atomic E-state index is 0.000815. The van der Waals surface area contributed by atoms with Crippen molar-refractivity contribution >= 4 is 25.8 Å². The Balaban J connectivity index is 1.38. The summed E-state index contributed by atoms with van der Waals surface area (Å²) in [5.41, 5.74) is 2.17. The summed E-state index contributed by atoms with van der Waals surface area (Å²) in [4.78, 5) is 40.0. The Morgan fingerprint density at radius 1 is 1.11 bits per heavy atom. The minimum atomic E-state index is -2.55. The standard InChI is InChI=1S/C27H42N2O5Si/c1-19-23(14-11-20-9-12-21(13-10-20)28-15-5-4-8-25(28)31)34-24(27(19)35(2,3)33)17-26(32)29-16-6-7-22(29)18-30/h9-10,12-13,19,22-24,27,30,33H,4-8,11,14-18H2,1-3H3/t19-,22+,23+,24-,27+/m1/s1. The predicted molar refractivity (Wildman–Crippen MR) is 139 cm³/mol. The highest BCUT2D eigenvalue weighted by molar-refractivity contribution is 6.71. The topological polar surface area (TPSA) is 90.3 Å². The molecule has 35 heavy (non-hydrogen) atoms. The number of piperidine rings is 1. The molecule has 2 amide bonds. The zero-order valence-electron chi connectivity index (χ0n) is 21.5. The van der Waals surface area contributed by atoms with Crippen molar-refractivity contribution < 1.29 is 24.2 Å². The number of carbonyl (C=O) groups is 2. The molecule has 8 heteroatoms. The molecule has 0 unspecified atom stereocenters. The monoisotopic (exact) mass is 502 g/mol. The number of hydrogen-bond acceptors (Lipinski definition) is 5. The fraction of sp³-hybridized carbons (Fsp3) is 0.704. The molecule has 194 valence electrons. The van der Waals surface area contributed by atoms with Gasteiger partial charge in [0.25, 0.3) is 0 Å². The molecule has 2 N–H and O–H groups in total. The van der Waals surface area contributed by atoms with E-state index in [9.17, 15) is 19.5 Å². The molecule has 3 heterocycles. The molecule has 0 aromatic heterocycles. The number of aliphatic hydroxyl groups excluding tert-OH is 1. The zero-order valence-corrected chi connectivity index (χ0v) is 22.5. The van der Waals surface area contributed by atoms with Gasteiger partial charge in [0.2, 0.25) is 11.8 Å². The molecule has 0 saturated carbocycles. The Bertz CT molecular complexity index is 887. The Morgan fingerprint density at radius 3 is 2.51 bits per heavy atom. The van der Waals surface area contributed by atoms with Crippen molar-refractivity contribution in [3.63, 3.8) is 0 Å². The number of likely N-dealkylation sites (tertiary alicyclic amines) is 1. The molecule has 0 radical (unpaired) electrons. The molecule has 1 aromatic rings. The van der Waals surface area contributed by atoms with Crippen molar-refractivity contribution in [2.45, 2.75) is 95.2 Å².